The number of halogens is 1. The van der Waals surface area contributed by atoms with Crippen LogP contribution in [0.3, 0.4) is 0 Å². The van der Waals surface area contributed by atoms with E-state index in [0.717, 1.165) is 27.4 Å². The molecule has 84 valence electrons. The Labute approximate surface area is 102 Å². The van der Waals surface area contributed by atoms with Crippen molar-refractivity contribution in [2.75, 3.05) is 19.5 Å². The number of H-pyrrole nitrogens is 1. The Kier molecular flexibility index (Phi) is 3.14. The van der Waals surface area contributed by atoms with Crippen LogP contribution in [0.1, 0.15) is 0 Å². The molecule has 1 aromatic carbocycles. The highest BCUT2D eigenvalue weighted by atomic mass is 79.9. The molecule has 0 aliphatic heterocycles. The highest BCUT2D eigenvalue weighted by Crippen LogP contribution is 2.29. The molecule has 2 rings (SSSR count). The summed E-state index contributed by atoms with van der Waals surface area (Å²) in [5.74, 6) is 1.57. The fourth-order valence-corrected chi connectivity index (χ4v) is 1.97. The zero-order valence-electron chi connectivity index (χ0n) is 9.04. The van der Waals surface area contributed by atoms with E-state index in [1.165, 1.54) is 0 Å². The van der Waals surface area contributed by atoms with E-state index in [0.29, 0.717) is 0 Å². The van der Waals surface area contributed by atoms with Gasteiger partial charge in [0.25, 0.3) is 0 Å². The number of ether oxygens (including phenoxy) is 1. The SMILES string of the molecule is CNc1ncc(-c2ccc(OC)c(Br)c2)[nH]1. The summed E-state index contributed by atoms with van der Waals surface area (Å²) in [7, 11) is 3.47. The van der Waals surface area contributed by atoms with Gasteiger partial charge in [-0.05, 0) is 34.1 Å². The average Bonchev–Trinajstić information content (AvgIpc) is 2.77. The van der Waals surface area contributed by atoms with Crippen LogP contribution in [0, 0.1) is 0 Å². The van der Waals surface area contributed by atoms with E-state index in [9.17, 15) is 0 Å². The summed E-state index contributed by atoms with van der Waals surface area (Å²) in [4.78, 5) is 7.33. The Hall–Kier alpha value is -1.49. The maximum absolute atomic E-state index is 5.18. The van der Waals surface area contributed by atoms with E-state index in [1.807, 2.05) is 25.2 Å². The molecule has 2 aromatic rings. The molecule has 1 heterocycles. The fraction of sp³-hybridized carbons (Fsp3) is 0.182. The quantitative estimate of drug-likeness (QED) is 0.910. The molecule has 0 saturated heterocycles. The van der Waals surface area contributed by atoms with Gasteiger partial charge in [0.2, 0.25) is 0 Å². The van der Waals surface area contributed by atoms with Crippen LogP contribution in [0.25, 0.3) is 11.3 Å². The van der Waals surface area contributed by atoms with Crippen molar-refractivity contribution >= 4 is 21.9 Å². The lowest BCUT2D eigenvalue weighted by molar-refractivity contribution is 0.412. The summed E-state index contributed by atoms with van der Waals surface area (Å²) < 4.78 is 6.10. The smallest absolute Gasteiger partial charge is 0.200 e. The molecule has 0 bridgehead atoms. The van der Waals surface area contributed by atoms with Crippen LogP contribution < -0.4 is 10.1 Å². The Balaban J connectivity index is 2.37. The molecule has 0 fully saturated rings. The van der Waals surface area contributed by atoms with Gasteiger partial charge in [0.05, 0.1) is 23.5 Å². The van der Waals surface area contributed by atoms with Gasteiger partial charge in [-0.25, -0.2) is 4.98 Å². The fourth-order valence-electron chi connectivity index (χ4n) is 1.43. The molecule has 0 spiro atoms. The van der Waals surface area contributed by atoms with Gasteiger partial charge in [0.1, 0.15) is 5.75 Å². The van der Waals surface area contributed by atoms with Crippen LogP contribution in [0.2, 0.25) is 0 Å². The lowest BCUT2D eigenvalue weighted by atomic mass is 10.2. The first-order valence-electron chi connectivity index (χ1n) is 4.81. The molecule has 0 amide bonds. The van der Waals surface area contributed by atoms with Crippen molar-refractivity contribution in [3.63, 3.8) is 0 Å². The zero-order chi connectivity index (χ0) is 11.5. The number of aromatic nitrogens is 2. The van der Waals surface area contributed by atoms with E-state index in [-0.39, 0.29) is 0 Å². The van der Waals surface area contributed by atoms with Crippen LogP contribution in [0.15, 0.2) is 28.9 Å². The predicted molar refractivity (Wildman–Crippen MR) is 67.8 cm³/mol. The van der Waals surface area contributed by atoms with Crippen molar-refractivity contribution in [3.05, 3.63) is 28.9 Å². The van der Waals surface area contributed by atoms with E-state index in [2.05, 4.69) is 31.2 Å². The molecule has 4 nitrogen and oxygen atoms in total. The number of nitrogens with zero attached hydrogens (tertiary/aromatic N) is 1. The number of nitrogens with one attached hydrogen (secondary N) is 2. The first-order valence-corrected chi connectivity index (χ1v) is 5.60. The van der Waals surface area contributed by atoms with Crippen LogP contribution in [-0.4, -0.2) is 24.1 Å². The summed E-state index contributed by atoms with van der Waals surface area (Å²) in [5, 5.41) is 2.95. The van der Waals surface area contributed by atoms with Crippen LogP contribution in [0.5, 0.6) is 5.75 Å². The van der Waals surface area contributed by atoms with Gasteiger partial charge >= 0.3 is 0 Å². The highest BCUT2D eigenvalue weighted by molar-refractivity contribution is 9.10. The number of hydrogen-bond donors (Lipinski definition) is 2. The lowest BCUT2D eigenvalue weighted by Gasteiger charge is -2.04. The monoisotopic (exact) mass is 281 g/mol. The standard InChI is InChI=1S/C11H12BrN3O/c1-13-11-14-6-9(15-11)7-3-4-10(16-2)8(12)5-7/h3-6H,1-2H3,(H2,13,14,15). The molecule has 0 aliphatic rings. The molecular formula is C11H12BrN3O. The number of imidazole rings is 1. The second-order valence-electron chi connectivity index (χ2n) is 3.24. The normalized spacial score (nSPS) is 10.2. The number of benzene rings is 1. The number of aromatic amines is 1. The zero-order valence-corrected chi connectivity index (χ0v) is 10.6. The third kappa shape index (κ3) is 2.04. The Morgan fingerprint density at radius 3 is 2.81 bits per heavy atom. The largest absolute Gasteiger partial charge is 0.496 e. The minimum Gasteiger partial charge on any atom is -0.496 e. The van der Waals surface area contributed by atoms with Crippen molar-refractivity contribution < 1.29 is 4.74 Å². The molecule has 0 atom stereocenters. The van der Waals surface area contributed by atoms with Crippen molar-refractivity contribution in [2.45, 2.75) is 0 Å². The van der Waals surface area contributed by atoms with Crippen LogP contribution in [-0.2, 0) is 0 Å². The summed E-state index contributed by atoms with van der Waals surface area (Å²) in [5.41, 5.74) is 2.02. The minimum absolute atomic E-state index is 0.752. The molecule has 5 heteroatoms. The molecule has 1 aromatic heterocycles. The molecular weight excluding hydrogens is 270 g/mol. The molecule has 0 unspecified atom stereocenters. The Bertz CT molecular complexity index is 496. The third-order valence-electron chi connectivity index (χ3n) is 2.28. The third-order valence-corrected chi connectivity index (χ3v) is 2.90. The first-order chi connectivity index (χ1) is 7.74. The van der Waals surface area contributed by atoms with E-state index >= 15 is 0 Å². The predicted octanol–water partition coefficient (Wildman–Crippen LogP) is 2.89. The summed E-state index contributed by atoms with van der Waals surface area (Å²) >= 11 is 3.45. The molecule has 0 radical (unpaired) electrons. The Morgan fingerprint density at radius 1 is 1.44 bits per heavy atom. The summed E-state index contributed by atoms with van der Waals surface area (Å²) in [6.07, 6.45) is 1.79. The van der Waals surface area contributed by atoms with Crippen molar-refractivity contribution in [1.29, 1.82) is 0 Å². The minimum atomic E-state index is 0.752. The Morgan fingerprint density at radius 2 is 2.25 bits per heavy atom. The van der Waals surface area contributed by atoms with Gasteiger partial charge in [-0.3, -0.25) is 0 Å². The van der Waals surface area contributed by atoms with Gasteiger partial charge in [0.15, 0.2) is 5.95 Å². The second kappa shape index (κ2) is 4.57. The maximum Gasteiger partial charge on any atom is 0.200 e. The van der Waals surface area contributed by atoms with E-state index < -0.39 is 0 Å². The average molecular weight is 282 g/mol. The topological polar surface area (TPSA) is 49.9 Å². The molecule has 0 saturated carbocycles. The maximum atomic E-state index is 5.18. The van der Waals surface area contributed by atoms with Crippen molar-refractivity contribution in [1.82, 2.24) is 9.97 Å². The molecule has 16 heavy (non-hydrogen) atoms. The number of hydrogen-bond acceptors (Lipinski definition) is 3. The number of anilines is 1. The van der Waals surface area contributed by atoms with E-state index in [1.54, 1.807) is 13.3 Å². The van der Waals surface area contributed by atoms with Gasteiger partial charge in [0, 0.05) is 12.6 Å². The lowest BCUT2D eigenvalue weighted by Crippen LogP contribution is -1.89. The first kappa shape index (κ1) is 11.0. The molecule has 2 N–H and O–H groups in total. The van der Waals surface area contributed by atoms with Crippen LogP contribution in [0.4, 0.5) is 5.95 Å². The summed E-state index contributed by atoms with van der Waals surface area (Å²) in [6.45, 7) is 0. The summed E-state index contributed by atoms with van der Waals surface area (Å²) in [6, 6.07) is 5.89. The second-order valence-corrected chi connectivity index (χ2v) is 4.10. The van der Waals surface area contributed by atoms with Gasteiger partial charge in [-0.1, -0.05) is 0 Å². The van der Waals surface area contributed by atoms with Crippen molar-refractivity contribution in [3.8, 4) is 17.0 Å². The van der Waals surface area contributed by atoms with Gasteiger partial charge in [-0.2, -0.15) is 0 Å². The van der Waals surface area contributed by atoms with Crippen LogP contribution >= 0.6 is 15.9 Å². The highest BCUT2D eigenvalue weighted by Gasteiger charge is 2.05. The van der Waals surface area contributed by atoms with Gasteiger partial charge in [-0.15, -0.1) is 0 Å². The van der Waals surface area contributed by atoms with Crippen molar-refractivity contribution in [2.24, 2.45) is 0 Å². The molecule has 0 aliphatic carbocycles. The van der Waals surface area contributed by atoms with E-state index in [4.69, 9.17) is 4.74 Å². The van der Waals surface area contributed by atoms with Gasteiger partial charge < -0.3 is 15.0 Å². The number of rotatable bonds is 3. The number of methoxy groups -OCH3 is 1.